The number of aromatic nitrogens is 1. The van der Waals surface area contributed by atoms with Gasteiger partial charge >= 0.3 is 5.97 Å². The lowest BCUT2D eigenvalue weighted by atomic mass is 10.0. The van der Waals surface area contributed by atoms with Crippen molar-refractivity contribution in [2.45, 2.75) is 40.2 Å². The minimum atomic E-state index is -0.888. The summed E-state index contributed by atoms with van der Waals surface area (Å²) in [5.41, 5.74) is 1.63. The van der Waals surface area contributed by atoms with Crippen LogP contribution in [0, 0.1) is 19.8 Å². The summed E-state index contributed by atoms with van der Waals surface area (Å²) in [6.07, 6.45) is 0.203. The highest BCUT2D eigenvalue weighted by molar-refractivity contribution is 5.77. The highest BCUT2D eigenvalue weighted by Gasteiger charge is 2.14. The number of carboxylic acid groups (broad SMARTS) is 1. The van der Waals surface area contributed by atoms with E-state index in [1.807, 2.05) is 6.92 Å². The van der Waals surface area contributed by atoms with E-state index in [9.17, 15) is 9.59 Å². The molecule has 0 aromatic carbocycles. The van der Waals surface area contributed by atoms with Gasteiger partial charge in [0.25, 0.3) is 0 Å². The third-order valence-corrected chi connectivity index (χ3v) is 2.70. The maximum absolute atomic E-state index is 11.6. The lowest BCUT2D eigenvalue weighted by Gasteiger charge is -2.09. The fraction of sp³-hybridized carbons (Fsp3) is 0.583. The Hall–Kier alpha value is -1.85. The van der Waals surface area contributed by atoms with E-state index in [1.54, 1.807) is 13.8 Å². The Morgan fingerprint density at radius 3 is 2.56 bits per heavy atom. The molecule has 18 heavy (non-hydrogen) atoms. The molecule has 1 unspecified atom stereocenters. The molecule has 2 N–H and O–H groups in total. The Morgan fingerprint density at radius 2 is 2.06 bits per heavy atom. The molecule has 0 aliphatic rings. The van der Waals surface area contributed by atoms with Crippen LogP contribution in [0.2, 0.25) is 0 Å². The molecule has 0 aliphatic heterocycles. The normalized spacial score (nSPS) is 12.2. The second-order valence-corrected chi connectivity index (χ2v) is 4.49. The zero-order chi connectivity index (χ0) is 13.7. The summed E-state index contributed by atoms with van der Waals surface area (Å²) >= 11 is 0. The maximum Gasteiger partial charge on any atom is 0.303 e. The van der Waals surface area contributed by atoms with Crippen LogP contribution in [0.25, 0.3) is 0 Å². The molecule has 0 bridgehead atoms. The van der Waals surface area contributed by atoms with Crippen LogP contribution in [0.3, 0.4) is 0 Å². The predicted molar refractivity (Wildman–Crippen MR) is 63.9 cm³/mol. The molecule has 0 radical (unpaired) electrons. The molecule has 0 aliphatic carbocycles. The van der Waals surface area contributed by atoms with Gasteiger partial charge in [-0.25, -0.2) is 0 Å². The van der Waals surface area contributed by atoms with Crippen molar-refractivity contribution in [3.8, 4) is 0 Å². The van der Waals surface area contributed by atoms with Gasteiger partial charge in [0.2, 0.25) is 5.91 Å². The fourth-order valence-corrected chi connectivity index (χ4v) is 1.70. The van der Waals surface area contributed by atoms with E-state index < -0.39 is 5.97 Å². The van der Waals surface area contributed by atoms with Crippen LogP contribution in [0.4, 0.5) is 0 Å². The number of carbonyl (C=O) groups is 2. The predicted octanol–water partition coefficient (Wildman–Crippen LogP) is 1.41. The number of carboxylic acids is 1. The number of hydrogen-bond donors (Lipinski definition) is 2. The SMILES string of the molecule is Cc1noc(C)c1CNC(=O)CC(C)CC(=O)O. The smallest absolute Gasteiger partial charge is 0.303 e. The number of aryl methyl sites for hydroxylation is 2. The van der Waals surface area contributed by atoms with E-state index in [2.05, 4.69) is 10.5 Å². The van der Waals surface area contributed by atoms with Gasteiger partial charge in [-0.2, -0.15) is 0 Å². The van der Waals surface area contributed by atoms with Crippen molar-refractivity contribution in [1.29, 1.82) is 0 Å². The molecule has 6 heteroatoms. The van der Waals surface area contributed by atoms with E-state index in [0.717, 1.165) is 11.3 Å². The molecule has 0 saturated heterocycles. The minimum absolute atomic E-state index is 0.00125. The zero-order valence-electron chi connectivity index (χ0n) is 10.8. The van der Waals surface area contributed by atoms with Crippen molar-refractivity contribution >= 4 is 11.9 Å². The Bertz CT molecular complexity index is 420. The monoisotopic (exact) mass is 254 g/mol. The summed E-state index contributed by atoms with van der Waals surface area (Å²) in [5, 5.41) is 15.1. The first-order valence-electron chi connectivity index (χ1n) is 5.80. The molecule has 1 heterocycles. The molecular formula is C12H18N2O4. The molecule has 6 nitrogen and oxygen atoms in total. The van der Waals surface area contributed by atoms with E-state index in [4.69, 9.17) is 9.63 Å². The first-order chi connectivity index (χ1) is 8.40. The number of hydrogen-bond acceptors (Lipinski definition) is 4. The van der Waals surface area contributed by atoms with Crippen LogP contribution in [0.1, 0.15) is 36.8 Å². The number of carbonyl (C=O) groups excluding carboxylic acids is 1. The molecular weight excluding hydrogens is 236 g/mol. The van der Waals surface area contributed by atoms with Crippen molar-refractivity contribution in [2.75, 3.05) is 0 Å². The lowest BCUT2D eigenvalue weighted by Crippen LogP contribution is -2.25. The Morgan fingerprint density at radius 1 is 1.39 bits per heavy atom. The van der Waals surface area contributed by atoms with Crippen LogP contribution < -0.4 is 5.32 Å². The van der Waals surface area contributed by atoms with Crippen molar-refractivity contribution in [3.63, 3.8) is 0 Å². The first kappa shape index (κ1) is 14.2. The third kappa shape index (κ3) is 4.20. The van der Waals surface area contributed by atoms with Gasteiger partial charge in [-0.05, 0) is 19.8 Å². The van der Waals surface area contributed by atoms with Crippen LogP contribution in [0.5, 0.6) is 0 Å². The maximum atomic E-state index is 11.6. The highest BCUT2D eigenvalue weighted by atomic mass is 16.5. The third-order valence-electron chi connectivity index (χ3n) is 2.70. The van der Waals surface area contributed by atoms with Gasteiger partial charge in [-0.15, -0.1) is 0 Å². The van der Waals surface area contributed by atoms with Crippen molar-refractivity contribution in [1.82, 2.24) is 10.5 Å². The second kappa shape index (κ2) is 6.18. The quantitative estimate of drug-likeness (QED) is 0.800. The van der Waals surface area contributed by atoms with Crippen molar-refractivity contribution in [3.05, 3.63) is 17.0 Å². The molecule has 100 valence electrons. The molecule has 1 atom stereocenters. The van der Waals surface area contributed by atoms with Crippen LogP contribution >= 0.6 is 0 Å². The number of nitrogens with zero attached hydrogens (tertiary/aromatic N) is 1. The molecule has 0 spiro atoms. The summed E-state index contributed by atoms with van der Waals surface area (Å²) in [6, 6.07) is 0. The average Bonchev–Trinajstić information content (AvgIpc) is 2.54. The molecule has 1 rings (SSSR count). The van der Waals surface area contributed by atoms with Gasteiger partial charge in [0.15, 0.2) is 0 Å². The van der Waals surface area contributed by atoms with Gasteiger partial charge < -0.3 is 14.9 Å². The zero-order valence-corrected chi connectivity index (χ0v) is 10.8. The average molecular weight is 254 g/mol. The topological polar surface area (TPSA) is 92.4 Å². The molecule has 1 amide bonds. The van der Waals surface area contributed by atoms with Crippen molar-refractivity contribution < 1.29 is 19.2 Å². The molecule has 0 fully saturated rings. The largest absolute Gasteiger partial charge is 0.481 e. The van der Waals surface area contributed by atoms with Gasteiger partial charge in [0.1, 0.15) is 5.76 Å². The van der Waals surface area contributed by atoms with Crippen molar-refractivity contribution in [2.24, 2.45) is 5.92 Å². The van der Waals surface area contributed by atoms with Gasteiger partial charge in [-0.1, -0.05) is 12.1 Å². The summed E-state index contributed by atoms with van der Waals surface area (Å²) in [6.45, 7) is 5.70. The summed E-state index contributed by atoms with van der Waals surface area (Å²) in [5.74, 6) is -0.539. The second-order valence-electron chi connectivity index (χ2n) is 4.49. The number of rotatable bonds is 6. The van der Waals surface area contributed by atoms with E-state index in [0.29, 0.717) is 12.3 Å². The lowest BCUT2D eigenvalue weighted by molar-refractivity contribution is -0.138. The summed E-state index contributed by atoms with van der Waals surface area (Å²) in [4.78, 5) is 22.1. The summed E-state index contributed by atoms with van der Waals surface area (Å²) in [7, 11) is 0. The van der Waals surface area contributed by atoms with Gasteiger partial charge in [0.05, 0.1) is 5.69 Å². The van der Waals surface area contributed by atoms with E-state index in [1.165, 1.54) is 0 Å². The molecule has 0 saturated carbocycles. The first-order valence-corrected chi connectivity index (χ1v) is 5.80. The van der Waals surface area contributed by atoms with Crippen LogP contribution in [0.15, 0.2) is 4.52 Å². The molecule has 1 aromatic rings. The van der Waals surface area contributed by atoms with Crippen LogP contribution in [-0.4, -0.2) is 22.1 Å². The van der Waals surface area contributed by atoms with Gasteiger partial charge in [-0.3, -0.25) is 9.59 Å². The Kier molecular flexibility index (Phi) is 4.88. The minimum Gasteiger partial charge on any atom is -0.481 e. The van der Waals surface area contributed by atoms with E-state index in [-0.39, 0.29) is 24.7 Å². The van der Waals surface area contributed by atoms with E-state index >= 15 is 0 Å². The molecule has 1 aromatic heterocycles. The highest BCUT2D eigenvalue weighted by Crippen LogP contribution is 2.12. The number of nitrogens with one attached hydrogen (secondary N) is 1. The standard InChI is InChI=1S/C12H18N2O4/c1-7(5-12(16)17)4-11(15)13-6-10-8(2)14-18-9(10)3/h7H,4-6H2,1-3H3,(H,13,15)(H,16,17). The Labute approximate surface area is 105 Å². The van der Waals surface area contributed by atoms with Gasteiger partial charge in [0, 0.05) is 24.9 Å². The van der Waals surface area contributed by atoms with Crippen LogP contribution in [-0.2, 0) is 16.1 Å². The summed E-state index contributed by atoms with van der Waals surface area (Å²) < 4.78 is 4.98. The number of amides is 1. The Balaban J connectivity index is 2.40. The fourth-order valence-electron chi connectivity index (χ4n) is 1.70. The number of aliphatic carboxylic acids is 1.